The van der Waals surface area contributed by atoms with Gasteiger partial charge in [0.1, 0.15) is 5.75 Å². The van der Waals surface area contributed by atoms with Crippen LogP contribution in [-0.2, 0) is 4.79 Å². The molecule has 0 heterocycles. The summed E-state index contributed by atoms with van der Waals surface area (Å²) in [5, 5.41) is 11.9. The minimum Gasteiger partial charge on any atom is -0.497 e. The number of nitrogens with one attached hydrogen (secondary N) is 1. The molecule has 2 rings (SSSR count). The van der Waals surface area contributed by atoms with Gasteiger partial charge in [0.2, 0.25) is 5.91 Å². The average Bonchev–Trinajstić information content (AvgIpc) is 2.56. The zero-order valence-corrected chi connectivity index (χ0v) is 14.0. The Balaban J connectivity index is 2.07. The van der Waals surface area contributed by atoms with Gasteiger partial charge in [-0.25, -0.2) is 4.79 Å². The molecule has 0 aromatic heterocycles. The van der Waals surface area contributed by atoms with Crippen molar-refractivity contribution in [3.05, 3.63) is 59.2 Å². The van der Waals surface area contributed by atoms with Gasteiger partial charge in [0.15, 0.2) is 0 Å². The maximum atomic E-state index is 12.3. The van der Waals surface area contributed by atoms with Crippen molar-refractivity contribution in [2.45, 2.75) is 26.2 Å². The molecule has 24 heavy (non-hydrogen) atoms. The number of methoxy groups -OCH3 is 1. The Bertz CT molecular complexity index is 755. The fourth-order valence-electron chi connectivity index (χ4n) is 2.43. The molecule has 1 unspecified atom stereocenters. The van der Waals surface area contributed by atoms with Gasteiger partial charge in [0.05, 0.1) is 12.7 Å². The molecule has 0 bridgehead atoms. The van der Waals surface area contributed by atoms with E-state index in [0.717, 1.165) is 16.9 Å². The standard InChI is InChI=1S/C19H21NO4/c1-12-7-8-15(19(22)23)11-17(12)20-18(21)9-13(2)14-5-4-6-16(10-14)24-3/h4-8,10-11,13H,9H2,1-3H3,(H,20,21)(H,22,23). The van der Waals surface area contributed by atoms with E-state index >= 15 is 0 Å². The lowest BCUT2D eigenvalue weighted by molar-refractivity contribution is -0.116. The molecular weight excluding hydrogens is 306 g/mol. The van der Waals surface area contributed by atoms with Gasteiger partial charge >= 0.3 is 5.97 Å². The number of carbonyl (C=O) groups is 2. The monoisotopic (exact) mass is 327 g/mol. The van der Waals surface area contributed by atoms with E-state index in [4.69, 9.17) is 9.84 Å². The van der Waals surface area contributed by atoms with Gasteiger partial charge in [-0.2, -0.15) is 0 Å². The number of hydrogen-bond donors (Lipinski definition) is 2. The topological polar surface area (TPSA) is 75.6 Å². The first kappa shape index (κ1) is 17.5. The van der Waals surface area contributed by atoms with Crippen LogP contribution >= 0.6 is 0 Å². The van der Waals surface area contributed by atoms with Crippen LogP contribution in [0.1, 0.15) is 40.7 Å². The highest BCUT2D eigenvalue weighted by molar-refractivity contribution is 5.95. The third-order valence-electron chi connectivity index (χ3n) is 3.91. The van der Waals surface area contributed by atoms with E-state index in [9.17, 15) is 9.59 Å². The summed E-state index contributed by atoms with van der Waals surface area (Å²) in [6, 6.07) is 12.3. The minimum atomic E-state index is -1.02. The lowest BCUT2D eigenvalue weighted by Crippen LogP contribution is -2.15. The quantitative estimate of drug-likeness (QED) is 0.845. The molecule has 2 aromatic carbocycles. The van der Waals surface area contributed by atoms with Gasteiger partial charge in [-0.1, -0.05) is 25.1 Å². The molecule has 2 aromatic rings. The van der Waals surface area contributed by atoms with Crippen LogP contribution in [0.25, 0.3) is 0 Å². The molecule has 0 aliphatic carbocycles. The van der Waals surface area contributed by atoms with E-state index in [1.165, 1.54) is 12.1 Å². The highest BCUT2D eigenvalue weighted by Gasteiger charge is 2.14. The number of ether oxygens (including phenoxy) is 1. The van der Waals surface area contributed by atoms with E-state index in [1.54, 1.807) is 13.2 Å². The molecule has 0 aliphatic rings. The van der Waals surface area contributed by atoms with Crippen molar-refractivity contribution in [3.63, 3.8) is 0 Å². The second-order valence-electron chi connectivity index (χ2n) is 5.76. The first-order chi connectivity index (χ1) is 11.4. The van der Waals surface area contributed by atoms with E-state index in [2.05, 4.69) is 5.32 Å². The average molecular weight is 327 g/mol. The van der Waals surface area contributed by atoms with Gasteiger partial charge < -0.3 is 15.2 Å². The smallest absolute Gasteiger partial charge is 0.335 e. The summed E-state index contributed by atoms with van der Waals surface area (Å²) in [5.41, 5.74) is 2.51. The van der Waals surface area contributed by atoms with Gasteiger partial charge in [-0.05, 0) is 48.2 Å². The molecule has 1 atom stereocenters. The molecule has 0 saturated heterocycles. The highest BCUT2D eigenvalue weighted by atomic mass is 16.5. The van der Waals surface area contributed by atoms with Crippen LogP contribution < -0.4 is 10.1 Å². The fraction of sp³-hybridized carbons (Fsp3) is 0.263. The second kappa shape index (κ2) is 7.64. The van der Waals surface area contributed by atoms with Crippen LogP contribution in [0.15, 0.2) is 42.5 Å². The zero-order chi connectivity index (χ0) is 17.7. The van der Waals surface area contributed by atoms with Crippen LogP contribution in [0.4, 0.5) is 5.69 Å². The Kier molecular flexibility index (Phi) is 5.58. The summed E-state index contributed by atoms with van der Waals surface area (Å²) in [5.74, 6) is -0.404. The highest BCUT2D eigenvalue weighted by Crippen LogP contribution is 2.24. The number of rotatable bonds is 6. The van der Waals surface area contributed by atoms with E-state index in [1.807, 2.05) is 38.1 Å². The Morgan fingerprint density at radius 3 is 2.62 bits per heavy atom. The number of anilines is 1. The largest absolute Gasteiger partial charge is 0.497 e. The Morgan fingerprint density at radius 2 is 1.96 bits per heavy atom. The number of carboxylic acids is 1. The predicted molar refractivity (Wildman–Crippen MR) is 92.8 cm³/mol. The molecule has 0 fully saturated rings. The number of aryl methyl sites for hydroxylation is 1. The molecule has 5 heteroatoms. The Hall–Kier alpha value is -2.82. The summed E-state index contributed by atoms with van der Waals surface area (Å²) in [6.45, 7) is 3.79. The number of benzene rings is 2. The SMILES string of the molecule is COc1cccc(C(C)CC(=O)Nc2cc(C(=O)O)ccc2C)c1. The van der Waals surface area contributed by atoms with Crippen molar-refractivity contribution in [2.24, 2.45) is 0 Å². The summed E-state index contributed by atoms with van der Waals surface area (Å²) in [6.07, 6.45) is 0.296. The number of hydrogen-bond acceptors (Lipinski definition) is 3. The third-order valence-corrected chi connectivity index (χ3v) is 3.91. The summed E-state index contributed by atoms with van der Waals surface area (Å²) >= 11 is 0. The van der Waals surface area contributed by atoms with Crippen LogP contribution in [0.3, 0.4) is 0 Å². The van der Waals surface area contributed by atoms with Gasteiger partial charge in [0, 0.05) is 12.1 Å². The maximum absolute atomic E-state index is 12.3. The molecule has 126 valence electrons. The van der Waals surface area contributed by atoms with Crippen LogP contribution in [-0.4, -0.2) is 24.1 Å². The first-order valence-corrected chi connectivity index (χ1v) is 7.68. The normalized spacial score (nSPS) is 11.6. The Labute approximate surface area is 141 Å². The van der Waals surface area contributed by atoms with E-state index in [-0.39, 0.29) is 17.4 Å². The number of amides is 1. The number of aromatic carboxylic acids is 1. The van der Waals surface area contributed by atoms with Gasteiger partial charge in [-0.15, -0.1) is 0 Å². The van der Waals surface area contributed by atoms with Crippen molar-refractivity contribution in [2.75, 3.05) is 12.4 Å². The lowest BCUT2D eigenvalue weighted by atomic mass is 9.97. The summed E-state index contributed by atoms with van der Waals surface area (Å²) < 4.78 is 5.20. The molecular formula is C19H21NO4. The van der Waals surface area contributed by atoms with Crippen molar-refractivity contribution in [3.8, 4) is 5.75 Å². The van der Waals surface area contributed by atoms with Crippen LogP contribution in [0.5, 0.6) is 5.75 Å². The molecule has 5 nitrogen and oxygen atoms in total. The molecule has 0 saturated carbocycles. The number of carboxylic acid groups (broad SMARTS) is 1. The molecule has 0 aliphatic heterocycles. The molecule has 0 spiro atoms. The molecule has 0 radical (unpaired) electrons. The van der Waals surface area contributed by atoms with Gasteiger partial charge in [0.25, 0.3) is 0 Å². The van der Waals surface area contributed by atoms with Crippen molar-refractivity contribution < 1.29 is 19.4 Å². The van der Waals surface area contributed by atoms with Crippen molar-refractivity contribution >= 4 is 17.6 Å². The summed E-state index contributed by atoms with van der Waals surface area (Å²) in [4.78, 5) is 23.3. The molecule has 1 amide bonds. The predicted octanol–water partition coefficient (Wildman–Crippen LogP) is 3.83. The van der Waals surface area contributed by atoms with Crippen molar-refractivity contribution in [1.82, 2.24) is 0 Å². The van der Waals surface area contributed by atoms with Crippen molar-refractivity contribution in [1.29, 1.82) is 0 Å². The minimum absolute atomic E-state index is 0.0167. The van der Waals surface area contributed by atoms with E-state index in [0.29, 0.717) is 12.1 Å². The lowest BCUT2D eigenvalue weighted by Gasteiger charge is -2.14. The number of carbonyl (C=O) groups excluding carboxylic acids is 1. The van der Waals surface area contributed by atoms with Crippen LogP contribution in [0.2, 0.25) is 0 Å². The Morgan fingerprint density at radius 1 is 1.21 bits per heavy atom. The third kappa shape index (κ3) is 4.35. The maximum Gasteiger partial charge on any atom is 0.335 e. The summed E-state index contributed by atoms with van der Waals surface area (Å²) in [7, 11) is 1.61. The second-order valence-corrected chi connectivity index (χ2v) is 5.76. The zero-order valence-electron chi connectivity index (χ0n) is 14.0. The molecule has 2 N–H and O–H groups in total. The van der Waals surface area contributed by atoms with E-state index < -0.39 is 5.97 Å². The fourth-order valence-corrected chi connectivity index (χ4v) is 2.43. The first-order valence-electron chi connectivity index (χ1n) is 7.68. The van der Waals surface area contributed by atoms with Crippen LogP contribution in [0, 0.1) is 6.92 Å². The van der Waals surface area contributed by atoms with Gasteiger partial charge in [-0.3, -0.25) is 4.79 Å².